The van der Waals surface area contributed by atoms with Crippen molar-refractivity contribution < 1.29 is 14.3 Å². The van der Waals surface area contributed by atoms with E-state index in [-0.39, 0.29) is 24.0 Å². The van der Waals surface area contributed by atoms with E-state index in [1.54, 1.807) is 12.0 Å². The van der Waals surface area contributed by atoms with Crippen LogP contribution in [0.5, 0.6) is 5.75 Å². The summed E-state index contributed by atoms with van der Waals surface area (Å²) in [7, 11) is 1.62. The number of carbonyl (C=O) groups excluding carboxylic acids is 2. The van der Waals surface area contributed by atoms with Gasteiger partial charge in [-0.3, -0.25) is 9.69 Å². The van der Waals surface area contributed by atoms with E-state index in [1.807, 2.05) is 41.3 Å². The van der Waals surface area contributed by atoms with Gasteiger partial charge in [-0.15, -0.1) is 0 Å². The molecule has 2 heterocycles. The maximum atomic E-state index is 13.1. The van der Waals surface area contributed by atoms with Gasteiger partial charge in [-0.2, -0.15) is 0 Å². The van der Waals surface area contributed by atoms with Crippen LogP contribution in [0.3, 0.4) is 0 Å². The highest BCUT2D eigenvalue weighted by molar-refractivity contribution is 5.96. The molecule has 7 nitrogen and oxygen atoms in total. The second-order valence-corrected chi connectivity index (χ2v) is 9.30. The van der Waals surface area contributed by atoms with Gasteiger partial charge < -0.3 is 19.9 Å². The number of carbonyl (C=O) groups is 2. The molecule has 1 atom stereocenters. The van der Waals surface area contributed by atoms with Crippen LogP contribution in [-0.2, 0) is 4.79 Å². The van der Waals surface area contributed by atoms with Crippen LogP contribution < -0.4 is 15.0 Å². The Hall–Kier alpha value is -3.84. The highest BCUT2D eigenvalue weighted by atomic mass is 16.5. The quantitative estimate of drug-likeness (QED) is 0.576. The molecule has 3 aromatic carbocycles. The first kappa shape index (κ1) is 23.9. The van der Waals surface area contributed by atoms with Gasteiger partial charge >= 0.3 is 6.03 Å². The van der Waals surface area contributed by atoms with E-state index < -0.39 is 0 Å². The molecular weight excluding hydrogens is 452 g/mol. The normalized spacial score (nSPS) is 18.5. The molecule has 3 amide bonds. The number of nitrogens with zero attached hydrogens (tertiary/aromatic N) is 3. The number of hydrogen-bond acceptors (Lipinski definition) is 4. The van der Waals surface area contributed by atoms with Gasteiger partial charge in [0, 0.05) is 44.8 Å². The predicted octanol–water partition coefficient (Wildman–Crippen LogP) is 3.92. The average Bonchev–Trinajstić information content (AvgIpc) is 3.30. The number of piperazine rings is 1. The molecule has 7 heteroatoms. The van der Waals surface area contributed by atoms with E-state index in [0.717, 1.165) is 24.5 Å². The topological polar surface area (TPSA) is 65.1 Å². The molecule has 186 valence electrons. The van der Waals surface area contributed by atoms with Gasteiger partial charge in [0.2, 0.25) is 5.91 Å². The Morgan fingerprint density at radius 3 is 2.00 bits per heavy atom. The van der Waals surface area contributed by atoms with E-state index >= 15 is 0 Å². The smallest absolute Gasteiger partial charge is 0.317 e. The lowest BCUT2D eigenvalue weighted by atomic mass is 9.96. The molecule has 1 N–H and O–H groups in total. The van der Waals surface area contributed by atoms with Gasteiger partial charge in [0.25, 0.3) is 0 Å². The van der Waals surface area contributed by atoms with Gasteiger partial charge in [-0.25, -0.2) is 4.79 Å². The summed E-state index contributed by atoms with van der Waals surface area (Å²) in [5.41, 5.74) is 3.33. The van der Waals surface area contributed by atoms with Crippen LogP contribution in [0.15, 0.2) is 84.9 Å². The van der Waals surface area contributed by atoms with Crippen molar-refractivity contribution in [1.82, 2.24) is 15.1 Å². The molecule has 5 rings (SSSR count). The summed E-state index contributed by atoms with van der Waals surface area (Å²) in [6.45, 7) is 3.32. The first-order chi connectivity index (χ1) is 17.6. The lowest BCUT2D eigenvalue weighted by molar-refractivity contribution is -0.117. The van der Waals surface area contributed by atoms with Crippen LogP contribution in [-0.4, -0.2) is 67.6 Å². The third-order valence-corrected chi connectivity index (χ3v) is 7.03. The number of ether oxygens (including phenoxy) is 1. The zero-order valence-corrected chi connectivity index (χ0v) is 20.5. The molecule has 3 aromatic rings. The van der Waals surface area contributed by atoms with E-state index in [0.29, 0.717) is 26.1 Å². The van der Waals surface area contributed by atoms with Crippen molar-refractivity contribution in [2.75, 3.05) is 44.7 Å². The fraction of sp³-hybridized carbons (Fsp3) is 0.310. The van der Waals surface area contributed by atoms with Crippen LogP contribution in [0.25, 0.3) is 0 Å². The van der Waals surface area contributed by atoms with Crippen LogP contribution in [0.1, 0.15) is 23.6 Å². The SMILES string of the molecule is COc1ccc(N2CC(NC(=O)N3CCN(C(c4ccccc4)c4ccccc4)CC3)CC2=O)cc1. The number of rotatable bonds is 6. The molecule has 2 aliphatic rings. The Morgan fingerprint density at radius 1 is 0.861 bits per heavy atom. The highest BCUT2D eigenvalue weighted by Gasteiger charge is 2.34. The van der Waals surface area contributed by atoms with Gasteiger partial charge in [0.1, 0.15) is 5.75 Å². The molecule has 2 aliphatic heterocycles. The summed E-state index contributed by atoms with van der Waals surface area (Å²) in [4.78, 5) is 31.7. The maximum Gasteiger partial charge on any atom is 0.317 e. The fourth-order valence-electron chi connectivity index (χ4n) is 5.15. The second kappa shape index (κ2) is 10.8. The summed E-state index contributed by atoms with van der Waals surface area (Å²) in [5.74, 6) is 0.764. The maximum absolute atomic E-state index is 13.1. The Bertz CT molecular complexity index is 1120. The van der Waals surface area contributed by atoms with Crippen molar-refractivity contribution in [3.05, 3.63) is 96.1 Å². The van der Waals surface area contributed by atoms with E-state index in [4.69, 9.17) is 4.74 Å². The molecule has 0 bridgehead atoms. The molecule has 2 saturated heterocycles. The summed E-state index contributed by atoms with van der Waals surface area (Å²) in [5, 5.41) is 3.09. The predicted molar refractivity (Wildman–Crippen MR) is 140 cm³/mol. The van der Waals surface area contributed by atoms with Crippen molar-refractivity contribution in [2.45, 2.75) is 18.5 Å². The molecule has 0 radical (unpaired) electrons. The molecular formula is C29H32N4O3. The number of methoxy groups -OCH3 is 1. The number of benzene rings is 3. The van der Waals surface area contributed by atoms with Crippen LogP contribution >= 0.6 is 0 Å². The zero-order chi connectivity index (χ0) is 24.9. The first-order valence-electron chi connectivity index (χ1n) is 12.5. The molecule has 0 aliphatic carbocycles. The molecule has 0 aromatic heterocycles. The van der Waals surface area contributed by atoms with Gasteiger partial charge in [-0.05, 0) is 35.4 Å². The first-order valence-corrected chi connectivity index (χ1v) is 12.5. The van der Waals surface area contributed by atoms with Gasteiger partial charge in [0.15, 0.2) is 0 Å². The summed E-state index contributed by atoms with van der Waals surface area (Å²) in [6.07, 6.45) is 0.307. The van der Waals surface area contributed by atoms with E-state index in [1.165, 1.54) is 11.1 Å². The van der Waals surface area contributed by atoms with Crippen molar-refractivity contribution in [1.29, 1.82) is 0 Å². The summed E-state index contributed by atoms with van der Waals surface area (Å²) >= 11 is 0. The second-order valence-electron chi connectivity index (χ2n) is 9.30. The van der Waals surface area contributed by atoms with Crippen molar-refractivity contribution in [2.24, 2.45) is 0 Å². The Kier molecular flexibility index (Phi) is 7.18. The molecule has 2 fully saturated rings. The monoisotopic (exact) mass is 484 g/mol. The Balaban J connectivity index is 1.19. The van der Waals surface area contributed by atoms with Gasteiger partial charge in [-0.1, -0.05) is 60.7 Å². The molecule has 36 heavy (non-hydrogen) atoms. The highest BCUT2D eigenvalue weighted by Crippen LogP contribution is 2.29. The van der Waals surface area contributed by atoms with Crippen molar-refractivity contribution >= 4 is 17.6 Å². The summed E-state index contributed by atoms with van der Waals surface area (Å²) in [6, 6.07) is 28.3. The molecule has 1 unspecified atom stereocenters. The third kappa shape index (κ3) is 5.21. The number of amides is 3. The lowest BCUT2D eigenvalue weighted by Gasteiger charge is -2.40. The minimum atomic E-state index is -0.202. The van der Waals surface area contributed by atoms with E-state index in [9.17, 15) is 9.59 Å². The van der Waals surface area contributed by atoms with E-state index in [2.05, 4.69) is 58.7 Å². The standard InChI is InChI=1S/C29H32N4O3/c1-36-26-14-12-25(13-15-26)33-21-24(20-27(33)34)30-29(35)32-18-16-31(17-19-32)28(22-8-4-2-5-9-22)23-10-6-3-7-11-23/h2-15,24,28H,16-21H2,1H3,(H,30,35). The number of hydrogen-bond donors (Lipinski definition) is 1. The summed E-state index contributed by atoms with van der Waals surface area (Å²) < 4.78 is 5.20. The van der Waals surface area contributed by atoms with Crippen LogP contribution in [0.2, 0.25) is 0 Å². The third-order valence-electron chi connectivity index (χ3n) is 7.03. The minimum Gasteiger partial charge on any atom is -0.497 e. The van der Waals surface area contributed by atoms with Crippen LogP contribution in [0.4, 0.5) is 10.5 Å². The molecule has 0 saturated carbocycles. The Morgan fingerprint density at radius 2 is 1.44 bits per heavy atom. The number of urea groups is 1. The average molecular weight is 485 g/mol. The minimum absolute atomic E-state index is 0.0175. The van der Waals surface area contributed by atoms with Crippen molar-refractivity contribution in [3.63, 3.8) is 0 Å². The number of nitrogens with one attached hydrogen (secondary N) is 1. The Labute approximate surface area is 212 Å². The van der Waals surface area contributed by atoms with Gasteiger partial charge in [0.05, 0.1) is 19.2 Å². The zero-order valence-electron chi connectivity index (χ0n) is 20.5. The van der Waals surface area contributed by atoms with Crippen molar-refractivity contribution in [3.8, 4) is 5.75 Å². The largest absolute Gasteiger partial charge is 0.497 e. The molecule has 0 spiro atoms. The van der Waals surface area contributed by atoms with Crippen LogP contribution in [0, 0.1) is 0 Å². The lowest BCUT2D eigenvalue weighted by Crippen LogP contribution is -2.54. The fourth-order valence-corrected chi connectivity index (χ4v) is 5.15. The number of anilines is 1.